The van der Waals surface area contributed by atoms with E-state index < -0.39 is 11.4 Å². The highest BCUT2D eigenvalue weighted by atomic mass is 19.1. The molecule has 0 aliphatic carbocycles. The maximum Gasteiger partial charge on any atom is 0.252 e. The monoisotopic (exact) mass is 449 g/mol. The fraction of sp³-hybridized carbons (Fsp3) is 0.107. The molecule has 1 aliphatic heterocycles. The fourth-order valence-electron chi connectivity index (χ4n) is 4.29. The lowest BCUT2D eigenvalue weighted by Gasteiger charge is -2.39. The summed E-state index contributed by atoms with van der Waals surface area (Å²) in [5, 5.41) is 12.2. The van der Waals surface area contributed by atoms with Gasteiger partial charge in [0.05, 0.1) is 18.2 Å². The van der Waals surface area contributed by atoms with E-state index in [9.17, 15) is 9.18 Å². The second-order valence-electron chi connectivity index (χ2n) is 8.08. The number of halogens is 1. The number of benzene rings is 3. The Labute approximate surface area is 196 Å². The molecule has 0 fully saturated rings. The third kappa shape index (κ3) is 3.89. The molecule has 6 heteroatoms. The number of amides is 1. The van der Waals surface area contributed by atoms with Crippen LogP contribution in [0.1, 0.15) is 33.6 Å². The van der Waals surface area contributed by atoms with Crippen LogP contribution in [0.3, 0.4) is 0 Å². The van der Waals surface area contributed by atoms with Gasteiger partial charge in [0.1, 0.15) is 22.8 Å². The summed E-state index contributed by atoms with van der Waals surface area (Å²) in [4.78, 5) is 17.8. The molecule has 0 saturated carbocycles. The zero-order valence-corrected chi connectivity index (χ0v) is 18.2. The van der Waals surface area contributed by atoms with E-state index in [0.29, 0.717) is 35.6 Å². The average molecular weight is 449 g/mol. The van der Waals surface area contributed by atoms with Crippen molar-refractivity contribution in [3.63, 3.8) is 0 Å². The number of nitrogens with zero attached hydrogens (tertiary/aromatic N) is 2. The van der Waals surface area contributed by atoms with E-state index in [4.69, 9.17) is 10.00 Å². The van der Waals surface area contributed by atoms with Crippen LogP contribution in [0.5, 0.6) is 5.75 Å². The molecule has 3 aromatic carbocycles. The Balaban J connectivity index is 1.56. The largest absolute Gasteiger partial charge is 0.491 e. The number of pyridine rings is 1. The molecule has 1 aliphatic rings. The van der Waals surface area contributed by atoms with Crippen molar-refractivity contribution in [2.75, 3.05) is 6.61 Å². The molecule has 1 aromatic heterocycles. The van der Waals surface area contributed by atoms with Crippen molar-refractivity contribution in [3.8, 4) is 22.9 Å². The lowest BCUT2D eigenvalue weighted by Crippen LogP contribution is -2.50. The minimum absolute atomic E-state index is 0.324. The number of nitrogens with one attached hydrogen (secondary N) is 1. The van der Waals surface area contributed by atoms with Crippen LogP contribution in [0.4, 0.5) is 4.39 Å². The number of nitriles is 1. The molecule has 4 aromatic rings. The van der Waals surface area contributed by atoms with E-state index in [1.807, 2.05) is 42.5 Å². The van der Waals surface area contributed by atoms with Gasteiger partial charge in [-0.05, 0) is 65.2 Å². The number of hydrogen-bond donors (Lipinski definition) is 1. The van der Waals surface area contributed by atoms with Gasteiger partial charge in [-0.15, -0.1) is 0 Å². The third-order valence-corrected chi connectivity index (χ3v) is 6.07. The minimum atomic E-state index is -0.913. The zero-order chi connectivity index (χ0) is 23.5. The predicted molar refractivity (Wildman–Crippen MR) is 126 cm³/mol. The molecule has 166 valence electrons. The summed E-state index contributed by atoms with van der Waals surface area (Å²) < 4.78 is 19.2. The van der Waals surface area contributed by atoms with E-state index in [-0.39, 0.29) is 5.91 Å². The minimum Gasteiger partial charge on any atom is -0.491 e. The summed E-state index contributed by atoms with van der Waals surface area (Å²) in [5.41, 5.74) is 3.52. The molecule has 1 amide bonds. The van der Waals surface area contributed by atoms with Gasteiger partial charge >= 0.3 is 0 Å². The Morgan fingerprint density at radius 3 is 2.32 bits per heavy atom. The number of carbonyl (C=O) groups excluding carboxylic acids is 1. The van der Waals surface area contributed by atoms with Crippen molar-refractivity contribution in [3.05, 3.63) is 119 Å². The maximum absolute atomic E-state index is 13.4. The molecule has 5 rings (SSSR count). The Kier molecular flexibility index (Phi) is 5.52. The first kappa shape index (κ1) is 21.4. The van der Waals surface area contributed by atoms with Crippen LogP contribution in [0.2, 0.25) is 0 Å². The molecular weight excluding hydrogens is 429 g/mol. The number of rotatable bonds is 4. The summed E-state index contributed by atoms with van der Waals surface area (Å²) in [6.07, 6.45) is 2.16. The van der Waals surface area contributed by atoms with E-state index in [2.05, 4.69) is 16.4 Å². The van der Waals surface area contributed by atoms with Crippen LogP contribution in [0.15, 0.2) is 91.1 Å². The van der Waals surface area contributed by atoms with Crippen LogP contribution >= 0.6 is 0 Å². The van der Waals surface area contributed by atoms with Gasteiger partial charge in [-0.2, -0.15) is 5.26 Å². The summed E-state index contributed by atoms with van der Waals surface area (Å²) >= 11 is 0. The summed E-state index contributed by atoms with van der Waals surface area (Å²) in [6, 6.07) is 26.5. The Hall–Kier alpha value is -4.50. The van der Waals surface area contributed by atoms with Crippen LogP contribution in [-0.2, 0) is 5.54 Å². The first-order chi connectivity index (χ1) is 16.6. The maximum atomic E-state index is 13.4. The second kappa shape index (κ2) is 8.80. The molecule has 0 radical (unpaired) electrons. The lowest BCUT2D eigenvalue weighted by molar-refractivity contribution is 0.0883. The van der Waals surface area contributed by atoms with Gasteiger partial charge in [-0.1, -0.05) is 36.4 Å². The normalized spacial score (nSPS) is 16.6. The third-order valence-electron chi connectivity index (χ3n) is 6.07. The van der Waals surface area contributed by atoms with Crippen LogP contribution in [-0.4, -0.2) is 17.5 Å². The number of aromatic nitrogens is 1. The topological polar surface area (TPSA) is 75.0 Å². The van der Waals surface area contributed by atoms with E-state index >= 15 is 0 Å². The fourth-order valence-corrected chi connectivity index (χ4v) is 4.29. The lowest BCUT2D eigenvalue weighted by atomic mass is 9.80. The van der Waals surface area contributed by atoms with Gasteiger partial charge in [-0.25, -0.2) is 4.39 Å². The molecule has 1 atom stereocenters. The highest BCUT2D eigenvalue weighted by Crippen LogP contribution is 2.41. The molecule has 2 heterocycles. The van der Waals surface area contributed by atoms with Crippen molar-refractivity contribution in [2.24, 2.45) is 0 Å². The van der Waals surface area contributed by atoms with Gasteiger partial charge in [0.15, 0.2) is 0 Å². The van der Waals surface area contributed by atoms with E-state index in [1.165, 1.54) is 24.3 Å². The van der Waals surface area contributed by atoms with Crippen molar-refractivity contribution >= 4 is 5.91 Å². The summed E-state index contributed by atoms with van der Waals surface area (Å²) in [6.45, 7) is 0.403. The smallest absolute Gasteiger partial charge is 0.252 e. The molecule has 0 bridgehead atoms. The van der Waals surface area contributed by atoms with Crippen LogP contribution in [0, 0.1) is 17.1 Å². The van der Waals surface area contributed by atoms with Gasteiger partial charge in [-0.3, -0.25) is 9.78 Å². The first-order valence-corrected chi connectivity index (χ1v) is 10.9. The first-order valence-electron chi connectivity index (χ1n) is 10.9. The van der Waals surface area contributed by atoms with Crippen LogP contribution < -0.4 is 10.1 Å². The highest BCUT2D eigenvalue weighted by molar-refractivity contribution is 5.95. The zero-order valence-electron chi connectivity index (χ0n) is 18.2. The average Bonchev–Trinajstić information content (AvgIpc) is 2.89. The van der Waals surface area contributed by atoms with E-state index in [1.54, 1.807) is 24.4 Å². The number of ether oxygens (including phenoxy) is 1. The molecule has 0 spiro atoms. The van der Waals surface area contributed by atoms with Gasteiger partial charge in [0.25, 0.3) is 5.91 Å². The predicted octanol–water partition coefficient (Wildman–Crippen LogP) is 5.22. The Morgan fingerprint density at radius 2 is 1.65 bits per heavy atom. The van der Waals surface area contributed by atoms with E-state index in [0.717, 1.165) is 16.7 Å². The standard InChI is InChI=1S/C28H20FN3O2/c29-24-13-9-22(10-14-24)27(33)32-28(15-17-34-25-2-1-16-31-26(25)28)23-11-7-21(8-12-23)20-5-3-19(18-30)4-6-20/h1-14,16H,15,17H2,(H,32,33). The summed E-state index contributed by atoms with van der Waals surface area (Å²) in [5.74, 6) is -0.110. The molecule has 1 unspecified atom stereocenters. The van der Waals surface area contributed by atoms with Crippen molar-refractivity contribution < 1.29 is 13.9 Å². The van der Waals surface area contributed by atoms with Crippen molar-refractivity contribution in [2.45, 2.75) is 12.0 Å². The van der Waals surface area contributed by atoms with Gasteiger partial charge in [0.2, 0.25) is 0 Å². The molecule has 34 heavy (non-hydrogen) atoms. The molecule has 0 saturated heterocycles. The quantitative estimate of drug-likeness (QED) is 0.464. The molecular formula is C28H20FN3O2. The van der Waals surface area contributed by atoms with Gasteiger partial charge in [0, 0.05) is 18.2 Å². The number of hydrogen-bond acceptors (Lipinski definition) is 4. The Morgan fingerprint density at radius 1 is 0.971 bits per heavy atom. The Bertz CT molecular complexity index is 1380. The van der Waals surface area contributed by atoms with Crippen LogP contribution in [0.25, 0.3) is 11.1 Å². The summed E-state index contributed by atoms with van der Waals surface area (Å²) in [7, 11) is 0. The SMILES string of the molecule is N#Cc1ccc(-c2ccc(C3(NC(=O)c4ccc(F)cc4)CCOc4cccnc43)cc2)cc1. The van der Waals surface area contributed by atoms with Crippen molar-refractivity contribution in [1.29, 1.82) is 5.26 Å². The number of fused-ring (bicyclic) bond motifs is 1. The van der Waals surface area contributed by atoms with Crippen molar-refractivity contribution in [1.82, 2.24) is 10.3 Å². The highest BCUT2D eigenvalue weighted by Gasteiger charge is 2.42. The molecule has 1 N–H and O–H groups in total. The van der Waals surface area contributed by atoms with Gasteiger partial charge < -0.3 is 10.1 Å². The molecule has 5 nitrogen and oxygen atoms in total. The second-order valence-corrected chi connectivity index (χ2v) is 8.08. The number of carbonyl (C=O) groups is 1.